The highest BCUT2D eigenvalue weighted by Crippen LogP contribution is 2.29. The molecule has 0 aliphatic rings. The van der Waals surface area contributed by atoms with E-state index >= 15 is 0 Å². The van der Waals surface area contributed by atoms with Crippen LogP contribution in [0.5, 0.6) is 0 Å². The fourth-order valence-corrected chi connectivity index (χ4v) is 2.02. The van der Waals surface area contributed by atoms with Crippen LogP contribution in [-0.2, 0) is 0 Å². The minimum absolute atomic E-state index is 0.429. The molecule has 0 spiro atoms. The van der Waals surface area contributed by atoms with Gasteiger partial charge in [-0.15, -0.1) is 6.58 Å². The first-order chi connectivity index (χ1) is 7.91. The Bertz CT molecular complexity index is 190. The highest BCUT2D eigenvalue weighted by Gasteiger charge is 2.22. The molecule has 0 aromatic rings. The minimum Gasteiger partial charge on any atom is -0.317 e. The van der Waals surface area contributed by atoms with Gasteiger partial charge in [0.05, 0.1) is 0 Å². The third-order valence-electron chi connectivity index (χ3n) is 3.99. The van der Waals surface area contributed by atoms with E-state index in [2.05, 4.69) is 46.6 Å². The molecule has 0 aromatic carbocycles. The SMILES string of the molecule is C=CCCCCCC(CC(C)C(C)(C)C)NC. The van der Waals surface area contributed by atoms with E-state index in [1.54, 1.807) is 0 Å². The summed E-state index contributed by atoms with van der Waals surface area (Å²) < 4.78 is 0. The molecule has 0 bridgehead atoms. The summed E-state index contributed by atoms with van der Waals surface area (Å²) in [6.07, 6.45) is 9.79. The van der Waals surface area contributed by atoms with Crippen molar-refractivity contribution in [1.29, 1.82) is 0 Å². The minimum atomic E-state index is 0.429. The van der Waals surface area contributed by atoms with Crippen LogP contribution in [0.4, 0.5) is 0 Å². The normalized spacial score (nSPS) is 15.6. The summed E-state index contributed by atoms with van der Waals surface area (Å²) in [5.74, 6) is 0.771. The molecule has 0 radical (unpaired) electrons. The Morgan fingerprint density at radius 3 is 2.29 bits per heavy atom. The molecule has 1 N–H and O–H groups in total. The zero-order valence-electron chi connectivity index (χ0n) is 12.7. The lowest BCUT2D eigenvalue weighted by molar-refractivity contribution is 0.220. The number of nitrogens with one attached hydrogen (secondary N) is 1. The topological polar surface area (TPSA) is 12.0 Å². The van der Waals surface area contributed by atoms with Crippen LogP contribution in [-0.4, -0.2) is 13.1 Å². The summed E-state index contributed by atoms with van der Waals surface area (Å²) in [5, 5.41) is 3.48. The first-order valence-corrected chi connectivity index (χ1v) is 7.20. The molecular formula is C16H33N. The van der Waals surface area contributed by atoms with Gasteiger partial charge in [0.2, 0.25) is 0 Å². The molecule has 0 amide bonds. The lowest BCUT2D eigenvalue weighted by Crippen LogP contribution is -2.31. The van der Waals surface area contributed by atoms with E-state index in [0.29, 0.717) is 11.5 Å². The summed E-state index contributed by atoms with van der Waals surface area (Å²) in [6, 6.07) is 0.688. The predicted octanol–water partition coefficient (Wildman–Crippen LogP) is 4.78. The van der Waals surface area contributed by atoms with E-state index in [0.717, 1.165) is 5.92 Å². The van der Waals surface area contributed by atoms with Crippen LogP contribution in [0.3, 0.4) is 0 Å². The molecule has 0 rings (SSSR count). The van der Waals surface area contributed by atoms with Crippen molar-refractivity contribution < 1.29 is 0 Å². The molecule has 17 heavy (non-hydrogen) atoms. The van der Waals surface area contributed by atoms with Crippen molar-refractivity contribution in [3.8, 4) is 0 Å². The summed E-state index contributed by atoms with van der Waals surface area (Å²) in [4.78, 5) is 0. The molecule has 0 fully saturated rings. The third kappa shape index (κ3) is 8.43. The van der Waals surface area contributed by atoms with E-state index in [9.17, 15) is 0 Å². The molecule has 102 valence electrons. The average Bonchev–Trinajstić information content (AvgIpc) is 2.25. The van der Waals surface area contributed by atoms with Crippen LogP contribution in [0, 0.1) is 11.3 Å². The molecule has 0 aliphatic carbocycles. The monoisotopic (exact) mass is 239 g/mol. The molecule has 2 unspecified atom stereocenters. The molecular weight excluding hydrogens is 206 g/mol. The lowest BCUT2D eigenvalue weighted by atomic mass is 9.78. The molecule has 1 nitrogen and oxygen atoms in total. The molecule has 0 saturated heterocycles. The van der Waals surface area contributed by atoms with Crippen molar-refractivity contribution in [2.45, 2.75) is 72.3 Å². The van der Waals surface area contributed by atoms with E-state index in [1.807, 2.05) is 6.08 Å². The Hall–Kier alpha value is -0.300. The van der Waals surface area contributed by atoms with Gasteiger partial charge in [-0.25, -0.2) is 0 Å². The van der Waals surface area contributed by atoms with Gasteiger partial charge in [0.15, 0.2) is 0 Å². The maximum Gasteiger partial charge on any atom is 0.00668 e. The maximum atomic E-state index is 3.76. The first-order valence-electron chi connectivity index (χ1n) is 7.20. The second-order valence-corrected chi connectivity index (χ2v) is 6.42. The van der Waals surface area contributed by atoms with Gasteiger partial charge in [-0.3, -0.25) is 0 Å². The van der Waals surface area contributed by atoms with Crippen LogP contribution < -0.4 is 5.32 Å². The number of unbranched alkanes of at least 4 members (excludes halogenated alkanes) is 3. The van der Waals surface area contributed by atoms with Crippen LogP contribution in [0.15, 0.2) is 12.7 Å². The summed E-state index contributed by atoms with van der Waals surface area (Å²) >= 11 is 0. The van der Waals surface area contributed by atoms with E-state index in [4.69, 9.17) is 0 Å². The number of rotatable bonds is 9. The van der Waals surface area contributed by atoms with Crippen LogP contribution in [0.25, 0.3) is 0 Å². The molecule has 1 heteroatoms. The van der Waals surface area contributed by atoms with Gasteiger partial charge >= 0.3 is 0 Å². The lowest BCUT2D eigenvalue weighted by Gasteiger charge is -2.30. The highest BCUT2D eigenvalue weighted by molar-refractivity contribution is 4.76. The quantitative estimate of drug-likeness (QED) is 0.451. The van der Waals surface area contributed by atoms with E-state index in [-0.39, 0.29) is 0 Å². The fourth-order valence-electron chi connectivity index (χ4n) is 2.02. The number of allylic oxidation sites excluding steroid dienone is 1. The Kier molecular flexibility index (Phi) is 8.59. The smallest absolute Gasteiger partial charge is 0.00668 e. The Balaban J connectivity index is 3.80. The predicted molar refractivity (Wildman–Crippen MR) is 79.4 cm³/mol. The standard InChI is InChI=1S/C16H33N/c1-7-8-9-10-11-12-15(17-6)13-14(2)16(3,4)5/h7,14-15,17H,1,8-13H2,2-6H3. The molecule has 0 aromatic heterocycles. The van der Waals surface area contributed by atoms with Gasteiger partial charge in [-0.2, -0.15) is 0 Å². The first kappa shape index (κ1) is 16.7. The fraction of sp³-hybridized carbons (Fsp3) is 0.875. The van der Waals surface area contributed by atoms with Crippen LogP contribution >= 0.6 is 0 Å². The van der Waals surface area contributed by atoms with Crippen molar-refractivity contribution in [3.63, 3.8) is 0 Å². The van der Waals surface area contributed by atoms with Gasteiger partial charge in [0.1, 0.15) is 0 Å². The number of hydrogen-bond acceptors (Lipinski definition) is 1. The number of hydrogen-bond donors (Lipinski definition) is 1. The van der Waals surface area contributed by atoms with Gasteiger partial charge < -0.3 is 5.32 Å². The third-order valence-corrected chi connectivity index (χ3v) is 3.99. The van der Waals surface area contributed by atoms with Gasteiger partial charge in [-0.05, 0) is 44.1 Å². The summed E-state index contributed by atoms with van der Waals surface area (Å²) in [7, 11) is 2.10. The average molecular weight is 239 g/mol. The Labute approximate surface area is 109 Å². The second kappa shape index (κ2) is 8.74. The zero-order chi connectivity index (χ0) is 13.3. The second-order valence-electron chi connectivity index (χ2n) is 6.42. The van der Waals surface area contributed by atoms with Crippen molar-refractivity contribution in [3.05, 3.63) is 12.7 Å². The molecule has 0 aliphatic heterocycles. The van der Waals surface area contributed by atoms with Gasteiger partial charge in [0.25, 0.3) is 0 Å². The largest absolute Gasteiger partial charge is 0.317 e. The molecule has 0 saturated carbocycles. The van der Waals surface area contributed by atoms with E-state index in [1.165, 1.54) is 38.5 Å². The molecule has 0 heterocycles. The van der Waals surface area contributed by atoms with Crippen LogP contribution in [0.1, 0.15) is 66.2 Å². The summed E-state index contributed by atoms with van der Waals surface area (Å²) in [5.41, 5.74) is 0.429. The van der Waals surface area contributed by atoms with Crippen molar-refractivity contribution in [2.75, 3.05) is 7.05 Å². The maximum absolute atomic E-state index is 3.76. The van der Waals surface area contributed by atoms with Crippen molar-refractivity contribution in [2.24, 2.45) is 11.3 Å². The van der Waals surface area contributed by atoms with Crippen molar-refractivity contribution >= 4 is 0 Å². The van der Waals surface area contributed by atoms with Gasteiger partial charge in [-0.1, -0.05) is 46.6 Å². The van der Waals surface area contributed by atoms with Gasteiger partial charge in [0, 0.05) is 6.04 Å². The van der Waals surface area contributed by atoms with Crippen molar-refractivity contribution in [1.82, 2.24) is 5.32 Å². The Morgan fingerprint density at radius 2 is 1.82 bits per heavy atom. The molecule has 2 atom stereocenters. The highest BCUT2D eigenvalue weighted by atomic mass is 14.9. The van der Waals surface area contributed by atoms with E-state index < -0.39 is 0 Å². The zero-order valence-corrected chi connectivity index (χ0v) is 12.7. The van der Waals surface area contributed by atoms with Crippen LogP contribution in [0.2, 0.25) is 0 Å². The Morgan fingerprint density at radius 1 is 1.18 bits per heavy atom. The summed E-state index contributed by atoms with van der Waals surface area (Å²) in [6.45, 7) is 13.2.